The third kappa shape index (κ3) is 5.33. The van der Waals surface area contributed by atoms with E-state index in [2.05, 4.69) is 28.6 Å². The molecule has 2 aromatic rings. The summed E-state index contributed by atoms with van der Waals surface area (Å²) in [6.07, 6.45) is 2.85. The summed E-state index contributed by atoms with van der Waals surface area (Å²) in [5, 5.41) is 15.9. The number of nitrogens with one attached hydrogen (secondary N) is 3. The van der Waals surface area contributed by atoms with Crippen LogP contribution in [0.1, 0.15) is 43.1 Å². The minimum absolute atomic E-state index is 0.0745. The van der Waals surface area contributed by atoms with Crippen LogP contribution >= 0.6 is 0 Å². The lowest BCUT2D eigenvalue weighted by atomic mass is 9.92. The van der Waals surface area contributed by atoms with Gasteiger partial charge in [-0.25, -0.2) is 0 Å². The zero-order chi connectivity index (χ0) is 24.2. The molecule has 1 saturated heterocycles. The lowest BCUT2D eigenvalue weighted by Crippen LogP contribution is -2.46. The molecule has 2 fully saturated rings. The molecule has 2 aliphatic rings. The first-order valence-electron chi connectivity index (χ1n) is 11.8. The van der Waals surface area contributed by atoms with Crippen LogP contribution < -0.4 is 15.4 Å². The molecular formula is C25H31N5O4. The van der Waals surface area contributed by atoms with Gasteiger partial charge in [-0.2, -0.15) is 5.26 Å². The maximum absolute atomic E-state index is 13.4. The molecule has 1 aliphatic heterocycles. The van der Waals surface area contributed by atoms with Gasteiger partial charge in [0.15, 0.2) is 0 Å². The molecule has 9 nitrogen and oxygen atoms in total. The second-order valence-electron chi connectivity index (χ2n) is 9.38. The Morgan fingerprint density at radius 1 is 1.38 bits per heavy atom. The Hall–Kier alpha value is -3.54. The molecular weight excluding hydrogens is 434 g/mol. The van der Waals surface area contributed by atoms with Gasteiger partial charge in [-0.3, -0.25) is 14.4 Å². The molecule has 4 unspecified atom stereocenters. The molecule has 1 saturated carbocycles. The van der Waals surface area contributed by atoms with Crippen molar-refractivity contribution < 1.29 is 19.1 Å². The van der Waals surface area contributed by atoms with Crippen molar-refractivity contribution in [2.75, 3.05) is 26.7 Å². The van der Waals surface area contributed by atoms with Gasteiger partial charge >= 0.3 is 0 Å². The van der Waals surface area contributed by atoms with Crippen molar-refractivity contribution in [2.45, 2.75) is 38.6 Å². The number of fused-ring (bicyclic) bond motifs is 1. The zero-order valence-electron chi connectivity index (χ0n) is 19.6. The van der Waals surface area contributed by atoms with Crippen LogP contribution in [0.3, 0.4) is 0 Å². The first kappa shape index (κ1) is 23.6. The Labute approximate surface area is 198 Å². The molecule has 0 spiro atoms. The number of rotatable bonds is 9. The van der Waals surface area contributed by atoms with E-state index in [0.717, 1.165) is 23.7 Å². The molecule has 0 radical (unpaired) electrons. The smallest absolute Gasteiger partial charge is 0.270 e. The summed E-state index contributed by atoms with van der Waals surface area (Å²) >= 11 is 0. The molecule has 9 heteroatoms. The number of methoxy groups -OCH3 is 1. The highest BCUT2D eigenvalue weighted by molar-refractivity contribution is 6.01. The second kappa shape index (κ2) is 10.2. The Kier molecular flexibility index (Phi) is 7.06. The zero-order valence-corrected chi connectivity index (χ0v) is 19.6. The average Bonchev–Trinajstić information content (AvgIpc) is 3.34. The topological polar surface area (TPSA) is 127 Å². The summed E-state index contributed by atoms with van der Waals surface area (Å²) in [5.74, 6) is 0.494. The van der Waals surface area contributed by atoms with E-state index in [1.54, 1.807) is 18.1 Å². The van der Waals surface area contributed by atoms with Crippen LogP contribution in [0.5, 0.6) is 5.75 Å². The van der Waals surface area contributed by atoms with Gasteiger partial charge in [0.1, 0.15) is 17.5 Å². The number of carbonyl (C=O) groups excluding carboxylic acids is 3. The van der Waals surface area contributed by atoms with Crippen molar-refractivity contribution in [1.29, 1.82) is 5.26 Å². The van der Waals surface area contributed by atoms with Crippen molar-refractivity contribution in [3.8, 4) is 11.8 Å². The third-order valence-electron chi connectivity index (χ3n) is 6.84. The van der Waals surface area contributed by atoms with E-state index in [1.165, 1.54) is 0 Å². The van der Waals surface area contributed by atoms with Crippen LogP contribution in [0.15, 0.2) is 24.3 Å². The number of nitriles is 1. The minimum Gasteiger partial charge on any atom is -0.496 e. The molecule has 180 valence electrons. The number of hydrogen-bond acceptors (Lipinski definition) is 5. The van der Waals surface area contributed by atoms with Crippen molar-refractivity contribution in [3.63, 3.8) is 0 Å². The molecule has 34 heavy (non-hydrogen) atoms. The Bertz CT molecular complexity index is 1120. The Morgan fingerprint density at radius 2 is 2.18 bits per heavy atom. The monoisotopic (exact) mass is 465 g/mol. The fourth-order valence-corrected chi connectivity index (χ4v) is 4.65. The fourth-order valence-electron chi connectivity index (χ4n) is 4.65. The predicted octanol–water partition coefficient (Wildman–Crippen LogP) is 2.20. The normalized spacial score (nSPS) is 22.4. The molecule has 1 aliphatic carbocycles. The number of ether oxygens (including phenoxy) is 1. The largest absolute Gasteiger partial charge is 0.496 e. The summed E-state index contributed by atoms with van der Waals surface area (Å²) in [5.41, 5.74) is 1.17. The third-order valence-corrected chi connectivity index (χ3v) is 6.84. The molecule has 1 aromatic heterocycles. The standard InChI is InChI=1S/C25H31N5O4/c1-15-9-17(15)13-30(25(33)21-11-19-20(29-21)6-3-7-22(19)34-2)14-23(31)28-18(12-26)10-16-5-4-8-27-24(16)32/h3,6-7,11,15-18,29H,4-5,8-10,13-14H2,1-2H3,(H,27,32)(H,28,31). The van der Waals surface area contributed by atoms with E-state index in [0.29, 0.717) is 42.8 Å². The molecule has 1 aromatic carbocycles. The second-order valence-corrected chi connectivity index (χ2v) is 9.38. The van der Waals surface area contributed by atoms with Gasteiger partial charge in [0, 0.05) is 29.9 Å². The van der Waals surface area contributed by atoms with Crippen LogP contribution in [0.4, 0.5) is 0 Å². The highest BCUT2D eigenvalue weighted by atomic mass is 16.5. The quantitative estimate of drug-likeness (QED) is 0.523. The number of nitrogens with zero attached hydrogens (tertiary/aromatic N) is 2. The summed E-state index contributed by atoms with van der Waals surface area (Å²) in [7, 11) is 1.58. The van der Waals surface area contributed by atoms with E-state index in [9.17, 15) is 19.6 Å². The number of carbonyl (C=O) groups is 3. The molecule has 4 atom stereocenters. The fraction of sp³-hybridized carbons (Fsp3) is 0.520. The van der Waals surface area contributed by atoms with Crippen LogP contribution in [-0.4, -0.2) is 60.4 Å². The summed E-state index contributed by atoms with van der Waals surface area (Å²) in [4.78, 5) is 43.0. The van der Waals surface area contributed by atoms with E-state index in [1.807, 2.05) is 18.2 Å². The highest BCUT2D eigenvalue weighted by Gasteiger charge is 2.36. The molecule has 3 amide bonds. The first-order chi connectivity index (χ1) is 16.4. The minimum atomic E-state index is -0.782. The first-order valence-corrected chi connectivity index (χ1v) is 11.8. The van der Waals surface area contributed by atoms with Crippen molar-refractivity contribution in [3.05, 3.63) is 30.0 Å². The van der Waals surface area contributed by atoms with E-state index in [4.69, 9.17) is 4.74 Å². The Morgan fingerprint density at radius 3 is 2.85 bits per heavy atom. The van der Waals surface area contributed by atoms with Crippen molar-refractivity contribution in [2.24, 2.45) is 17.8 Å². The lowest BCUT2D eigenvalue weighted by molar-refractivity contribution is -0.127. The van der Waals surface area contributed by atoms with Gasteiger partial charge in [0.2, 0.25) is 11.8 Å². The molecule has 3 N–H and O–H groups in total. The lowest BCUT2D eigenvalue weighted by Gasteiger charge is -2.25. The van der Waals surface area contributed by atoms with Crippen LogP contribution in [0.2, 0.25) is 0 Å². The number of piperidine rings is 1. The Balaban J connectivity index is 1.45. The number of aromatic nitrogens is 1. The molecule has 2 heterocycles. The van der Waals surface area contributed by atoms with E-state index in [-0.39, 0.29) is 30.7 Å². The van der Waals surface area contributed by atoms with Crippen LogP contribution in [-0.2, 0) is 9.59 Å². The van der Waals surface area contributed by atoms with Gasteiger partial charge in [-0.1, -0.05) is 13.0 Å². The summed E-state index contributed by atoms with van der Waals surface area (Å²) < 4.78 is 5.39. The number of aromatic amines is 1. The number of hydrogen-bond donors (Lipinski definition) is 3. The van der Waals surface area contributed by atoms with E-state index < -0.39 is 11.9 Å². The van der Waals surface area contributed by atoms with Crippen LogP contribution in [0, 0.1) is 29.1 Å². The van der Waals surface area contributed by atoms with Crippen molar-refractivity contribution in [1.82, 2.24) is 20.5 Å². The molecule has 4 rings (SSSR count). The predicted molar refractivity (Wildman–Crippen MR) is 126 cm³/mol. The van der Waals surface area contributed by atoms with Gasteiger partial charge in [-0.05, 0) is 55.7 Å². The van der Waals surface area contributed by atoms with Crippen LogP contribution in [0.25, 0.3) is 10.9 Å². The summed E-state index contributed by atoms with van der Waals surface area (Å²) in [6.45, 7) is 3.10. The van der Waals surface area contributed by atoms with Crippen molar-refractivity contribution >= 4 is 28.6 Å². The maximum atomic E-state index is 13.4. The van der Waals surface area contributed by atoms with Gasteiger partial charge in [0.05, 0.1) is 19.7 Å². The van der Waals surface area contributed by atoms with Gasteiger partial charge < -0.3 is 25.3 Å². The molecule has 0 bridgehead atoms. The average molecular weight is 466 g/mol. The number of benzene rings is 1. The number of H-pyrrole nitrogens is 1. The van der Waals surface area contributed by atoms with Gasteiger partial charge in [0.25, 0.3) is 5.91 Å². The van der Waals surface area contributed by atoms with E-state index >= 15 is 0 Å². The SMILES string of the molecule is COc1cccc2[nH]c(C(=O)N(CC(=O)NC(C#N)CC3CCCNC3=O)CC3CC3C)cc12. The summed E-state index contributed by atoms with van der Waals surface area (Å²) in [6, 6.07) is 8.60. The van der Waals surface area contributed by atoms with Gasteiger partial charge in [-0.15, -0.1) is 0 Å². The highest BCUT2D eigenvalue weighted by Crippen LogP contribution is 2.38. The number of amides is 3. The maximum Gasteiger partial charge on any atom is 0.270 e.